The first-order valence-corrected chi connectivity index (χ1v) is 8.58. The number of nitrogens with one attached hydrogen (secondary N) is 1. The van der Waals surface area contributed by atoms with E-state index in [0.717, 1.165) is 10.2 Å². The molecular formula is C17H26BrNO. The molecule has 112 valence electrons. The van der Waals surface area contributed by atoms with Crippen molar-refractivity contribution in [3.63, 3.8) is 0 Å². The Bertz CT molecular complexity index is 435. The molecule has 0 aromatic heterocycles. The quantitative estimate of drug-likeness (QED) is 0.807. The van der Waals surface area contributed by atoms with Crippen molar-refractivity contribution in [1.82, 2.24) is 5.32 Å². The molecule has 0 amide bonds. The summed E-state index contributed by atoms with van der Waals surface area (Å²) in [5.74, 6) is 1.70. The van der Waals surface area contributed by atoms with Crippen molar-refractivity contribution in [2.24, 2.45) is 5.92 Å². The number of rotatable bonds is 5. The minimum atomic E-state index is 0.360. The maximum Gasteiger partial charge on any atom is 0.133 e. The summed E-state index contributed by atoms with van der Waals surface area (Å²) in [5.41, 5.74) is 1.28. The minimum absolute atomic E-state index is 0.360. The summed E-state index contributed by atoms with van der Waals surface area (Å²) in [6.07, 6.45) is 6.77. The van der Waals surface area contributed by atoms with Crippen LogP contribution in [0.4, 0.5) is 0 Å². The van der Waals surface area contributed by atoms with Gasteiger partial charge in [0.25, 0.3) is 0 Å². The number of hydrogen-bond donors (Lipinski definition) is 1. The number of halogens is 1. The van der Waals surface area contributed by atoms with Crippen LogP contribution < -0.4 is 10.1 Å². The monoisotopic (exact) mass is 339 g/mol. The van der Waals surface area contributed by atoms with Crippen molar-refractivity contribution in [3.05, 3.63) is 28.2 Å². The summed E-state index contributed by atoms with van der Waals surface area (Å²) in [7, 11) is 1.98. The molecule has 0 radical (unpaired) electrons. The van der Waals surface area contributed by atoms with Crippen molar-refractivity contribution in [2.45, 2.75) is 58.1 Å². The van der Waals surface area contributed by atoms with Gasteiger partial charge in [-0.2, -0.15) is 0 Å². The standard InChI is InChI=1S/C17H26BrNO/c1-4-13-7-5-6-8-16(13)20-17-10-9-14(11-15(17)18)12(2)19-3/h9-13,16,19H,4-8H2,1-3H3. The van der Waals surface area contributed by atoms with Gasteiger partial charge in [0.2, 0.25) is 0 Å². The summed E-state index contributed by atoms with van der Waals surface area (Å²) in [4.78, 5) is 0. The number of benzene rings is 1. The lowest BCUT2D eigenvalue weighted by atomic mass is 9.85. The zero-order valence-corrected chi connectivity index (χ0v) is 14.4. The Morgan fingerprint density at radius 2 is 2.10 bits per heavy atom. The van der Waals surface area contributed by atoms with Gasteiger partial charge in [0.1, 0.15) is 11.9 Å². The van der Waals surface area contributed by atoms with Crippen LogP contribution in [0.5, 0.6) is 5.75 Å². The molecule has 0 bridgehead atoms. The zero-order chi connectivity index (χ0) is 14.5. The largest absolute Gasteiger partial charge is 0.489 e. The van der Waals surface area contributed by atoms with Crippen LogP contribution >= 0.6 is 15.9 Å². The van der Waals surface area contributed by atoms with Crippen molar-refractivity contribution in [2.75, 3.05) is 7.05 Å². The normalized spacial score (nSPS) is 24.4. The molecule has 1 aliphatic carbocycles. The highest BCUT2D eigenvalue weighted by molar-refractivity contribution is 9.10. The van der Waals surface area contributed by atoms with E-state index in [4.69, 9.17) is 4.74 Å². The molecule has 1 saturated carbocycles. The maximum atomic E-state index is 6.29. The Balaban J connectivity index is 2.09. The molecule has 0 heterocycles. The predicted molar refractivity (Wildman–Crippen MR) is 88.3 cm³/mol. The SMILES string of the molecule is CCC1CCCCC1Oc1ccc(C(C)NC)cc1Br. The van der Waals surface area contributed by atoms with Gasteiger partial charge in [-0.3, -0.25) is 0 Å². The molecule has 3 heteroatoms. The lowest BCUT2D eigenvalue weighted by Crippen LogP contribution is -2.30. The zero-order valence-electron chi connectivity index (χ0n) is 12.8. The second-order valence-corrected chi connectivity index (χ2v) is 6.66. The van der Waals surface area contributed by atoms with Crippen molar-refractivity contribution in [3.8, 4) is 5.75 Å². The highest BCUT2D eigenvalue weighted by Crippen LogP contribution is 2.34. The fourth-order valence-corrected chi connectivity index (χ4v) is 3.50. The summed E-state index contributed by atoms with van der Waals surface area (Å²) < 4.78 is 7.36. The second kappa shape index (κ2) is 7.46. The van der Waals surface area contributed by atoms with E-state index in [9.17, 15) is 0 Å². The molecule has 1 aromatic carbocycles. The van der Waals surface area contributed by atoms with Crippen LogP contribution in [0.3, 0.4) is 0 Å². The van der Waals surface area contributed by atoms with Gasteiger partial charge in [0, 0.05) is 6.04 Å². The molecule has 0 spiro atoms. The summed E-state index contributed by atoms with van der Waals surface area (Å²) in [6, 6.07) is 6.79. The third-order valence-electron chi connectivity index (χ3n) is 4.53. The molecule has 3 atom stereocenters. The lowest BCUT2D eigenvalue weighted by Gasteiger charge is -2.31. The lowest BCUT2D eigenvalue weighted by molar-refractivity contribution is 0.0896. The van der Waals surface area contributed by atoms with E-state index >= 15 is 0 Å². The van der Waals surface area contributed by atoms with Gasteiger partial charge in [-0.25, -0.2) is 0 Å². The van der Waals surface area contributed by atoms with E-state index in [1.54, 1.807) is 0 Å². The van der Waals surface area contributed by atoms with E-state index in [0.29, 0.717) is 18.1 Å². The van der Waals surface area contributed by atoms with Gasteiger partial charge in [-0.1, -0.05) is 19.4 Å². The van der Waals surface area contributed by atoms with Gasteiger partial charge < -0.3 is 10.1 Å². The highest BCUT2D eigenvalue weighted by Gasteiger charge is 2.25. The predicted octanol–water partition coefficient (Wildman–Crippen LogP) is 5.08. The fourth-order valence-electron chi connectivity index (χ4n) is 3.01. The van der Waals surface area contributed by atoms with Crippen LogP contribution in [0.1, 0.15) is 57.6 Å². The van der Waals surface area contributed by atoms with Crippen molar-refractivity contribution in [1.29, 1.82) is 0 Å². The molecule has 20 heavy (non-hydrogen) atoms. The molecular weight excluding hydrogens is 314 g/mol. The second-order valence-electron chi connectivity index (χ2n) is 5.81. The van der Waals surface area contributed by atoms with E-state index in [2.05, 4.69) is 53.3 Å². The molecule has 2 nitrogen and oxygen atoms in total. The third kappa shape index (κ3) is 3.76. The van der Waals surface area contributed by atoms with Crippen LogP contribution in [-0.2, 0) is 0 Å². The summed E-state index contributed by atoms with van der Waals surface area (Å²) in [6.45, 7) is 4.44. The maximum absolute atomic E-state index is 6.29. The Hall–Kier alpha value is -0.540. The first-order chi connectivity index (χ1) is 9.65. The first kappa shape index (κ1) is 15.8. The number of hydrogen-bond acceptors (Lipinski definition) is 2. The van der Waals surface area contributed by atoms with Gasteiger partial charge >= 0.3 is 0 Å². The number of ether oxygens (including phenoxy) is 1. The van der Waals surface area contributed by atoms with Gasteiger partial charge in [0.15, 0.2) is 0 Å². The molecule has 3 unspecified atom stereocenters. The fraction of sp³-hybridized carbons (Fsp3) is 0.647. The Labute approximate surface area is 131 Å². The van der Waals surface area contributed by atoms with E-state index < -0.39 is 0 Å². The molecule has 0 aliphatic heterocycles. The van der Waals surface area contributed by atoms with Crippen molar-refractivity contribution >= 4 is 15.9 Å². The van der Waals surface area contributed by atoms with E-state index in [1.165, 1.54) is 37.7 Å². The summed E-state index contributed by atoms with van der Waals surface area (Å²) in [5, 5.41) is 3.26. The van der Waals surface area contributed by atoms with Gasteiger partial charge in [-0.15, -0.1) is 0 Å². The Morgan fingerprint density at radius 3 is 2.75 bits per heavy atom. The highest BCUT2D eigenvalue weighted by atomic mass is 79.9. The van der Waals surface area contributed by atoms with Gasteiger partial charge in [-0.05, 0) is 79.2 Å². The smallest absolute Gasteiger partial charge is 0.133 e. The van der Waals surface area contributed by atoms with Crippen LogP contribution in [0.15, 0.2) is 22.7 Å². The van der Waals surface area contributed by atoms with Crippen LogP contribution in [-0.4, -0.2) is 13.2 Å². The average molecular weight is 340 g/mol. The minimum Gasteiger partial charge on any atom is -0.489 e. The molecule has 1 fully saturated rings. The van der Waals surface area contributed by atoms with Gasteiger partial charge in [0.05, 0.1) is 4.47 Å². The van der Waals surface area contributed by atoms with Crippen LogP contribution in [0, 0.1) is 5.92 Å². The molecule has 1 aliphatic rings. The van der Waals surface area contributed by atoms with E-state index in [-0.39, 0.29) is 0 Å². The molecule has 1 N–H and O–H groups in total. The molecule has 0 saturated heterocycles. The van der Waals surface area contributed by atoms with Crippen LogP contribution in [0.25, 0.3) is 0 Å². The topological polar surface area (TPSA) is 21.3 Å². The first-order valence-electron chi connectivity index (χ1n) is 7.79. The van der Waals surface area contributed by atoms with Crippen molar-refractivity contribution < 1.29 is 4.74 Å². The average Bonchev–Trinajstić information content (AvgIpc) is 2.49. The molecule has 1 aromatic rings. The van der Waals surface area contributed by atoms with E-state index in [1.807, 2.05) is 7.05 Å². The Morgan fingerprint density at radius 1 is 1.35 bits per heavy atom. The Kier molecular flexibility index (Phi) is 5.91. The third-order valence-corrected chi connectivity index (χ3v) is 5.15. The summed E-state index contributed by atoms with van der Waals surface area (Å²) >= 11 is 3.66. The molecule has 2 rings (SSSR count). The van der Waals surface area contributed by atoms with Crippen LogP contribution in [0.2, 0.25) is 0 Å².